The maximum atomic E-state index is 4.60. The number of rotatable bonds is 8. The lowest BCUT2D eigenvalue weighted by atomic mass is 10.0. The molecule has 0 aliphatic heterocycles. The molecule has 1 N–H and O–H groups in total. The van der Waals surface area contributed by atoms with Crippen LogP contribution in [0.15, 0.2) is 6.33 Å². The summed E-state index contributed by atoms with van der Waals surface area (Å²) in [6, 6.07) is 0. The molecule has 0 aliphatic rings. The molecule has 5 heteroatoms. The first-order chi connectivity index (χ1) is 9.86. The molecular formula is C16H31N5. The first-order valence-corrected chi connectivity index (χ1v) is 7.79. The van der Waals surface area contributed by atoms with E-state index < -0.39 is 0 Å². The third kappa shape index (κ3) is 5.16. The van der Waals surface area contributed by atoms with Gasteiger partial charge in [-0.05, 0) is 25.9 Å². The Morgan fingerprint density at radius 1 is 1.10 bits per heavy atom. The maximum absolute atomic E-state index is 4.60. The van der Waals surface area contributed by atoms with Crippen molar-refractivity contribution in [2.45, 2.75) is 33.6 Å². The Hall–Kier alpha value is -1.36. The van der Waals surface area contributed by atoms with E-state index in [1.165, 1.54) is 5.56 Å². The van der Waals surface area contributed by atoms with Crippen LogP contribution < -0.4 is 10.2 Å². The Balaban J connectivity index is 3.16. The van der Waals surface area contributed by atoms with Crippen molar-refractivity contribution < 1.29 is 0 Å². The Morgan fingerprint density at radius 2 is 1.76 bits per heavy atom. The molecule has 0 amide bonds. The highest BCUT2D eigenvalue weighted by Gasteiger charge is 2.20. The highest BCUT2D eigenvalue weighted by atomic mass is 15.2. The second-order valence-electron chi connectivity index (χ2n) is 6.51. The fourth-order valence-electron chi connectivity index (χ4n) is 2.41. The summed E-state index contributed by atoms with van der Waals surface area (Å²) in [6.07, 6.45) is 1.66. The highest BCUT2D eigenvalue weighted by Crippen LogP contribution is 2.30. The van der Waals surface area contributed by atoms with E-state index in [1.54, 1.807) is 6.33 Å². The largest absolute Gasteiger partial charge is 0.373 e. The molecule has 0 aromatic carbocycles. The normalized spacial score (nSPS) is 11.5. The number of aromatic nitrogens is 2. The SMILES string of the molecule is CNc1ncnc(N(CCN(C)C)CC(C)C)c1C(C)C. The third-order valence-electron chi connectivity index (χ3n) is 3.38. The molecule has 0 atom stereocenters. The monoisotopic (exact) mass is 293 g/mol. The molecule has 0 saturated carbocycles. The Labute approximate surface area is 129 Å². The summed E-state index contributed by atoms with van der Waals surface area (Å²) in [7, 11) is 6.14. The predicted octanol–water partition coefficient (Wildman–Crippen LogP) is 2.67. The van der Waals surface area contributed by atoms with Gasteiger partial charge in [0.15, 0.2) is 0 Å². The van der Waals surface area contributed by atoms with Gasteiger partial charge in [-0.1, -0.05) is 27.7 Å². The van der Waals surface area contributed by atoms with Crippen molar-refractivity contribution in [2.75, 3.05) is 51.0 Å². The maximum Gasteiger partial charge on any atom is 0.137 e. The minimum Gasteiger partial charge on any atom is -0.373 e. The van der Waals surface area contributed by atoms with Gasteiger partial charge in [0.25, 0.3) is 0 Å². The second-order valence-corrected chi connectivity index (χ2v) is 6.51. The molecule has 1 heterocycles. The van der Waals surface area contributed by atoms with Crippen LogP contribution in [-0.2, 0) is 0 Å². The van der Waals surface area contributed by atoms with Crippen LogP contribution in [0.2, 0.25) is 0 Å². The van der Waals surface area contributed by atoms with Crippen LogP contribution in [-0.4, -0.2) is 55.6 Å². The van der Waals surface area contributed by atoms with Crippen molar-refractivity contribution in [3.63, 3.8) is 0 Å². The first kappa shape index (κ1) is 17.7. The zero-order valence-electron chi connectivity index (χ0n) is 14.6. The van der Waals surface area contributed by atoms with Crippen LogP contribution in [0.25, 0.3) is 0 Å². The van der Waals surface area contributed by atoms with Crippen molar-refractivity contribution in [1.82, 2.24) is 14.9 Å². The number of nitrogens with one attached hydrogen (secondary N) is 1. The van der Waals surface area contributed by atoms with E-state index in [0.29, 0.717) is 11.8 Å². The van der Waals surface area contributed by atoms with E-state index in [9.17, 15) is 0 Å². The van der Waals surface area contributed by atoms with Gasteiger partial charge in [0, 0.05) is 32.2 Å². The van der Waals surface area contributed by atoms with E-state index in [0.717, 1.165) is 31.3 Å². The lowest BCUT2D eigenvalue weighted by Crippen LogP contribution is -2.36. The lowest BCUT2D eigenvalue weighted by Gasteiger charge is -2.30. The summed E-state index contributed by atoms with van der Waals surface area (Å²) in [4.78, 5) is 13.6. The van der Waals surface area contributed by atoms with Gasteiger partial charge in [0.05, 0.1) is 0 Å². The molecule has 5 nitrogen and oxygen atoms in total. The van der Waals surface area contributed by atoms with E-state index in [1.807, 2.05) is 7.05 Å². The summed E-state index contributed by atoms with van der Waals surface area (Å²) in [5.41, 5.74) is 1.21. The van der Waals surface area contributed by atoms with Gasteiger partial charge in [-0.15, -0.1) is 0 Å². The van der Waals surface area contributed by atoms with Gasteiger partial charge in [0.2, 0.25) is 0 Å². The summed E-state index contributed by atoms with van der Waals surface area (Å²) in [5.74, 6) is 2.99. The van der Waals surface area contributed by atoms with Gasteiger partial charge >= 0.3 is 0 Å². The predicted molar refractivity (Wildman–Crippen MR) is 91.3 cm³/mol. The van der Waals surface area contributed by atoms with Crippen LogP contribution in [0.3, 0.4) is 0 Å². The zero-order valence-corrected chi connectivity index (χ0v) is 14.6. The quantitative estimate of drug-likeness (QED) is 0.798. The van der Waals surface area contributed by atoms with Crippen molar-refractivity contribution in [2.24, 2.45) is 5.92 Å². The molecule has 0 aliphatic carbocycles. The van der Waals surface area contributed by atoms with Gasteiger partial charge < -0.3 is 15.1 Å². The number of anilines is 2. The molecule has 0 fully saturated rings. The van der Waals surface area contributed by atoms with Gasteiger partial charge in [-0.2, -0.15) is 0 Å². The molecule has 1 aromatic heterocycles. The van der Waals surface area contributed by atoms with Gasteiger partial charge in [-0.3, -0.25) is 0 Å². The van der Waals surface area contributed by atoms with Crippen LogP contribution >= 0.6 is 0 Å². The molecule has 0 unspecified atom stereocenters. The average Bonchev–Trinajstić information content (AvgIpc) is 2.41. The minimum atomic E-state index is 0.387. The zero-order chi connectivity index (χ0) is 16.0. The van der Waals surface area contributed by atoms with Crippen molar-refractivity contribution >= 4 is 11.6 Å². The second kappa shape index (κ2) is 8.17. The van der Waals surface area contributed by atoms with E-state index in [2.05, 4.69) is 66.9 Å². The molecule has 0 radical (unpaired) electrons. The molecule has 120 valence electrons. The molecule has 0 saturated heterocycles. The van der Waals surface area contributed by atoms with Crippen molar-refractivity contribution in [3.05, 3.63) is 11.9 Å². The Morgan fingerprint density at radius 3 is 2.24 bits per heavy atom. The van der Waals surface area contributed by atoms with Crippen LogP contribution in [0.1, 0.15) is 39.2 Å². The topological polar surface area (TPSA) is 44.3 Å². The van der Waals surface area contributed by atoms with Crippen molar-refractivity contribution in [3.8, 4) is 0 Å². The molecule has 0 spiro atoms. The highest BCUT2D eigenvalue weighted by molar-refractivity contribution is 5.60. The number of likely N-dealkylation sites (N-methyl/N-ethyl adjacent to an activating group) is 1. The van der Waals surface area contributed by atoms with Crippen LogP contribution in [0, 0.1) is 5.92 Å². The Kier molecular flexibility index (Phi) is 6.89. The number of hydrogen-bond donors (Lipinski definition) is 1. The fourth-order valence-corrected chi connectivity index (χ4v) is 2.41. The molecule has 21 heavy (non-hydrogen) atoms. The molecule has 1 rings (SSSR count). The summed E-state index contributed by atoms with van der Waals surface area (Å²) < 4.78 is 0. The smallest absolute Gasteiger partial charge is 0.137 e. The summed E-state index contributed by atoms with van der Waals surface area (Å²) >= 11 is 0. The van der Waals surface area contributed by atoms with E-state index >= 15 is 0 Å². The van der Waals surface area contributed by atoms with Crippen LogP contribution in [0.5, 0.6) is 0 Å². The third-order valence-corrected chi connectivity index (χ3v) is 3.38. The lowest BCUT2D eigenvalue weighted by molar-refractivity contribution is 0.408. The first-order valence-electron chi connectivity index (χ1n) is 7.79. The number of nitrogens with zero attached hydrogens (tertiary/aromatic N) is 4. The number of hydrogen-bond acceptors (Lipinski definition) is 5. The Bertz CT molecular complexity index is 429. The van der Waals surface area contributed by atoms with E-state index in [-0.39, 0.29) is 0 Å². The van der Waals surface area contributed by atoms with Gasteiger partial charge in [-0.25, -0.2) is 9.97 Å². The molecule has 1 aromatic rings. The molecule has 0 bridgehead atoms. The van der Waals surface area contributed by atoms with Crippen LogP contribution in [0.4, 0.5) is 11.6 Å². The fraction of sp³-hybridized carbons (Fsp3) is 0.750. The minimum absolute atomic E-state index is 0.387. The van der Waals surface area contributed by atoms with E-state index in [4.69, 9.17) is 0 Å². The molecular weight excluding hydrogens is 262 g/mol. The summed E-state index contributed by atoms with van der Waals surface area (Å²) in [6.45, 7) is 11.9. The average molecular weight is 293 g/mol. The standard InChI is InChI=1S/C16H31N5/c1-12(2)10-21(9-8-20(6)7)16-14(13(3)4)15(17-5)18-11-19-16/h11-13H,8-10H2,1-7H3,(H,17,18,19). The summed E-state index contributed by atoms with van der Waals surface area (Å²) in [5, 5.41) is 3.20. The van der Waals surface area contributed by atoms with Gasteiger partial charge in [0.1, 0.15) is 18.0 Å². The van der Waals surface area contributed by atoms with Crippen molar-refractivity contribution in [1.29, 1.82) is 0 Å².